The first-order valence-electron chi connectivity index (χ1n) is 7.27. The lowest BCUT2D eigenvalue weighted by Crippen LogP contribution is -2.44. The minimum atomic E-state index is -0.565. The maximum atomic E-state index is 11.3. The summed E-state index contributed by atoms with van der Waals surface area (Å²) in [6.07, 6.45) is 4.41. The maximum absolute atomic E-state index is 11.3. The molecule has 0 heterocycles. The molecule has 1 aliphatic rings. The second kappa shape index (κ2) is 8.51. The summed E-state index contributed by atoms with van der Waals surface area (Å²) in [6, 6.07) is -0.297. The fourth-order valence-corrected chi connectivity index (χ4v) is 2.46. The van der Waals surface area contributed by atoms with Crippen LogP contribution in [0, 0.1) is 5.92 Å². The number of nitrogens with one attached hydrogen (secondary N) is 2. The van der Waals surface area contributed by atoms with Crippen molar-refractivity contribution in [1.82, 2.24) is 10.6 Å². The van der Waals surface area contributed by atoms with E-state index in [1.165, 1.54) is 12.8 Å². The molecule has 3 N–H and O–H groups in total. The molecule has 5 heteroatoms. The van der Waals surface area contributed by atoms with Gasteiger partial charge in [-0.3, -0.25) is 4.79 Å². The molecule has 1 rings (SSSR count). The molecule has 0 spiro atoms. The van der Waals surface area contributed by atoms with E-state index in [2.05, 4.69) is 17.6 Å². The zero-order valence-corrected chi connectivity index (χ0v) is 12.3. The minimum Gasteiger partial charge on any atom is -0.389 e. The van der Waals surface area contributed by atoms with Gasteiger partial charge in [-0.05, 0) is 25.7 Å². The van der Waals surface area contributed by atoms with Crippen molar-refractivity contribution in [3.63, 3.8) is 0 Å². The number of aliphatic hydroxyl groups excluding tert-OH is 1. The number of likely N-dealkylation sites (N-methyl/N-ethyl adjacent to an activating group) is 1. The normalized spacial score (nSPS) is 26.7. The van der Waals surface area contributed by atoms with Gasteiger partial charge in [-0.2, -0.15) is 0 Å². The van der Waals surface area contributed by atoms with Crippen LogP contribution in [-0.4, -0.2) is 49.5 Å². The fourth-order valence-electron chi connectivity index (χ4n) is 2.46. The van der Waals surface area contributed by atoms with Crippen molar-refractivity contribution >= 4 is 5.91 Å². The molecule has 1 saturated carbocycles. The van der Waals surface area contributed by atoms with E-state index < -0.39 is 6.10 Å². The molecule has 0 aromatic carbocycles. The molecule has 1 aliphatic carbocycles. The van der Waals surface area contributed by atoms with Crippen molar-refractivity contribution in [3.05, 3.63) is 0 Å². The van der Waals surface area contributed by atoms with Gasteiger partial charge in [0.15, 0.2) is 0 Å². The summed E-state index contributed by atoms with van der Waals surface area (Å²) >= 11 is 0. The molecule has 19 heavy (non-hydrogen) atoms. The smallest absolute Gasteiger partial charge is 0.236 e. The van der Waals surface area contributed by atoms with Gasteiger partial charge in [-0.15, -0.1) is 0 Å². The first-order valence-corrected chi connectivity index (χ1v) is 7.27. The molecule has 0 aromatic rings. The molecule has 0 radical (unpaired) electrons. The Morgan fingerprint density at radius 2 is 2.21 bits per heavy atom. The van der Waals surface area contributed by atoms with Crippen molar-refractivity contribution in [2.45, 2.75) is 57.8 Å². The third kappa shape index (κ3) is 6.36. The van der Waals surface area contributed by atoms with Gasteiger partial charge < -0.3 is 20.5 Å². The summed E-state index contributed by atoms with van der Waals surface area (Å²) in [6.45, 7) is 4.73. The number of hydrogen-bond acceptors (Lipinski definition) is 4. The second-order valence-electron chi connectivity index (χ2n) is 5.63. The van der Waals surface area contributed by atoms with E-state index in [0.717, 1.165) is 18.8 Å². The van der Waals surface area contributed by atoms with Gasteiger partial charge in [0.2, 0.25) is 5.91 Å². The van der Waals surface area contributed by atoms with E-state index in [0.29, 0.717) is 13.2 Å². The Morgan fingerprint density at radius 3 is 2.84 bits per heavy atom. The first-order chi connectivity index (χ1) is 9.02. The summed E-state index contributed by atoms with van der Waals surface area (Å²) < 4.78 is 5.74. The monoisotopic (exact) mass is 272 g/mol. The Kier molecular flexibility index (Phi) is 7.34. The number of hydrogen-bond donors (Lipinski definition) is 3. The summed E-state index contributed by atoms with van der Waals surface area (Å²) in [7, 11) is 1.60. The van der Waals surface area contributed by atoms with E-state index in [1.54, 1.807) is 14.0 Å². The number of carbonyl (C=O) groups excluding carboxylic acids is 1. The lowest BCUT2D eigenvalue weighted by Gasteiger charge is -2.27. The molecule has 0 saturated heterocycles. The maximum Gasteiger partial charge on any atom is 0.236 e. The first kappa shape index (κ1) is 16.4. The lowest BCUT2D eigenvalue weighted by atomic mass is 9.89. The van der Waals surface area contributed by atoms with Crippen LogP contribution in [0.25, 0.3) is 0 Å². The Balaban J connectivity index is 2.13. The van der Waals surface area contributed by atoms with Crippen LogP contribution in [0.15, 0.2) is 0 Å². The van der Waals surface area contributed by atoms with Gasteiger partial charge in [0.1, 0.15) is 0 Å². The topological polar surface area (TPSA) is 70.6 Å². The number of rotatable bonds is 7. The van der Waals surface area contributed by atoms with E-state index in [4.69, 9.17) is 4.74 Å². The van der Waals surface area contributed by atoms with Gasteiger partial charge in [0.25, 0.3) is 0 Å². The van der Waals surface area contributed by atoms with Crippen LogP contribution in [0.2, 0.25) is 0 Å². The van der Waals surface area contributed by atoms with Crippen LogP contribution in [-0.2, 0) is 9.53 Å². The highest BCUT2D eigenvalue weighted by Crippen LogP contribution is 2.25. The SMILES string of the molecule is CNC(=O)C(C)NCC(O)COC1CCCC(C)C1. The lowest BCUT2D eigenvalue weighted by molar-refractivity contribution is -0.122. The average molecular weight is 272 g/mol. The molecular formula is C14H28N2O3. The predicted octanol–water partition coefficient (Wildman–Crippen LogP) is 0.667. The van der Waals surface area contributed by atoms with Crippen molar-refractivity contribution < 1.29 is 14.6 Å². The van der Waals surface area contributed by atoms with E-state index in [9.17, 15) is 9.90 Å². The van der Waals surface area contributed by atoms with Gasteiger partial charge >= 0.3 is 0 Å². The van der Waals surface area contributed by atoms with Crippen LogP contribution in [0.3, 0.4) is 0 Å². The Labute approximate surface area is 116 Å². The second-order valence-corrected chi connectivity index (χ2v) is 5.63. The third-order valence-electron chi connectivity index (χ3n) is 3.71. The van der Waals surface area contributed by atoms with Crippen LogP contribution in [0.4, 0.5) is 0 Å². The molecule has 4 atom stereocenters. The third-order valence-corrected chi connectivity index (χ3v) is 3.71. The van der Waals surface area contributed by atoms with Crippen LogP contribution < -0.4 is 10.6 Å². The molecule has 0 bridgehead atoms. The van der Waals surface area contributed by atoms with E-state index >= 15 is 0 Å². The minimum absolute atomic E-state index is 0.0748. The van der Waals surface area contributed by atoms with Gasteiger partial charge in [-0.1, -0.05) is 19.8 Å². The number of ether oxygens (including phenoxy) is 1. The fraction of sp³-hybridized carbons (Fsp3) is 0.929. The van der Waals surface area contributed by atoms with E-state index in [1.807, 2.05) is 0 Å². The Bertz CT molecular complexity index is 273. The largest absolute Gasteiger partial charge is 0.389 e. The summed E-state index contributed by atoms with van der Waals surface area (Å²) in [5, 5.41) is 15.4. The van der Waals surface area contributed by atoms with Crippen molar-refractivity contribution in [1.29, 1.82) is 0 Å². The zero-order chi connectivity index (χ0) is 14.3. The van der Waals surface area contributed by atoms with Crippen molar-refractivity contribution in [2.24, 2.45) is 5.92 Å². The standard InChI is InChI=1S/C14H28N2O3/c1-10-5-4-6-13(7-10)19-9-12(17)8-16-11(2)14(18)15-3/h10-13,16-17H,4-9H2,1-3H3,(H,15,18). The number of carbonyl (C=O) groups is 1. The highest BCUT2D eigenvalue weighted by atomic mass is 16.5. The summed E-state index contributed by atoms with van der Waals surface area (Å²) in [4.78, 5) is 11.3. The zero-order valence-electron chi connectivity index (χ0n) is 12.3. The molecular weight excluding hydrogens is 244 g/mol. The number of aliphatic hydroxyl groups is 1. The van der Waals surface area contributed by atoms with Crippen molar-refractivity contribution in [2.75, 3.05) is 20.2 Å². The Hall–Kier alpha value is -0.650. The number of amides is 1. The van der Waals surface area contributed by atoms with E-state index in [-0.39, 0.29) is 18.1 Å². The highest BCUT2D eigenvalue weighted by molar-refractivity contribution is 5.80. The quantitative estimate of drug-likeness (QED) is 0.637. The summed E-state index contributed by atoms with van der Waals surface area (Å²) in [5.74, 6) is 0.650. The molecule has 112 valence electrons. The summed E-state index contributed by atoms with van der Waals surface area (Å²) in [5.41, 5.74) is 0. The highest BCUT2D eigenvalue weighted by Gasteiger charge is 2.20. The molecule has 5 nitrogen and oxygen atoms in total. The van der Waals surface area contributed by atoms with Gasteiger partial charge in [0.05, 0.1) is 24.9 Å². The molecule has 0 aromatic heterocycles. The predicted molar refractivity (Wildman–Crippen MR) is 74.9 cm³/mol. The molecule has 1 fully saturated rings. The van der Waals surface area contributed by atoms with Crippen LogP contribution >= 0.6 is 0 Å². The van der Waals surface area contributed by atoms with Gasteiger partial charge in [-0.25, -0.2) is 0 Å². The average Bonchev–Trinajstić information content (AvgIpc) is 2.41. The Morgan fingerprint density at radius 1 is 1.47 bits per heavy atom. The molecule has 0 aliphatic heterocycles. The molecule has 4 unspecified atom stereocenters. The van der Waals surface area contributed by atoms with Crippen LogP contribution in [0.5, 0.6) is 0 Å². The van der Waals surface area contributed by atoms with Crippen LogP contribution in [0.1, 0.15) is 39.5 Å². The molecule has 1 amide bonds. The van der Waals surface area contributed by atoms with Crippen molar-refractivity contribution in [3.8, 4) is 0 Å². The van der Waals surface area contributed by atoms with Gasteiger partial charge in [0, 0.05) is 13.6 Å².